The lowest BCUT2D eigenvalue weighted by Crippen LogP contribution is -2.17. The van der Waals surface area contributed by atoms with Gasteiger partial charge in [-0.25, -0.2) is 4.98 Å². The molecule has 0 unspecified atom stereocenters. The molecule has 4 rings (SSSR count). The predicted octanol–water partition coefficient (Wildman–Crippen LogP) is 3.31. The maximum atomic E-state index is 5.90. The van der Waals surface area contributed by atoms with Crippen molar-refractivity contribution in [1.82, 2.24) is 30.2 Å². The minimum absolute atomic E-state index is 0.573. The zero-order valence-corrected chi connectivity index (χ0v) is 15.9. The lowest BCUT2D eigenvalue weighted by atomic mass is 10.2. The van der Waals surface area contributed by atoms with E-state index in [9.17, 15) is 0 Å². The molecule has 0 spiro atoms. The van der Waals surface area contributed by atoms with Crippen molar-refractivity contribution in [3.05, 3.63) is 58.7 Å². The number of halogens is 1. The van der Waals surface area contributed by atoms with E-state index in [1.807, 2.05) is 44.4 Å². The van der Waals surface area contributed by atoms with Gasteiger partial charge in [-0.05, 0) is 42.8 Å². The lowest BCUT2D eigenvalue weighted by Gasteiger charge is -2.03. The van der Waals surface area contributed by atoms with E-state index in [2.05, 4.69) is 31.6 Å². The Morgan fingerprint density at radius 2 is 2.04 bits per heavy atom. The van der Waals surface area contributed by atoms with Crippen molar-refractivity contribution < 1.29 is 4.52 Å². The lowest BCUT2D eigenvalue weighted by molar-refractivity contribution is 0.376. The average molecular weight is 383 g/mol. The molecular formula is C19H19ClN6O. The van der Waals surface area contributed by atoms with E-state index in [1.165, 1.54) is 0 Å². The number of benzene rings is 1. The maximum Gasteiger partial charge on any atom is 0.228 e. The van der Waals surface area contributed by atoms with Crippen LogP contribution in [0.3, 0.4) is 0 Å². The van der Waals surface area contributed by atoms with Gasteiger partial charge in [0.15, 0.2) is 5.65 Å². The van der Waals surface area contributed by atoms with Crippen molar-refractivity contribution in [3.8, 4) is 11.4 Å². The van der Waals surface area contributed by atoms with Crippen molar-refractivity contribution >= 4 is 22.6 Å². The molecular weight excluding hydrogens is 364 g/mol. The molecule has 1 aromatic carbocycles. The number of aryl methyl sites for hydroxylation is 2. The van der Waals surface area contributed by atoms with Crippen molar-refractivity contribution in [2.45, 2.75) is 19.9 Å². The molecule has 0 aliphatic carbocycles. The molecule has 0 saturated heterocycles. The van der Waals surface area contributed by atoms with E-state index >= 15 is 0 Å². The van der Waals surface area contributed by atoms with Crippen LogP contribution < -0.4 is 5.32 Å². The van der Waals surface area contributed by atoms with E-state index in [1.54, 1.807) is 4.68 Å². The van der Waals surface area contributed by atoms with E-state index in [0.29, 0.717) is 23.2 Å². The fourth-order valence-electron chi connectivity index (χ4n) is 2.95. The fourth-order valence-corrected chi connectivity index (χ4v) is 3.07. The van der Waals surface area contributed by atoms with Crippen LogP contribution in [-0.4, -0.2) is 31.4 Å². The van der Waals surface area contributed by atoms with Crippen LogP contribution >= 0.6 is 11.6 Å². The van der Waals surface area contributed by atoms with Gasteiger partial charge in [0.2, 0.25) is 11.7 Å². The molecule has 0 radical (unpaired) electrons. The molecule has 0 aliphatic rings. The van der Waals surface area contributed by atoms with Crippen LogP contribution in [0.1, 0.15) is 17.1 Å². The molecule has 0 aliphatic heterocycles. The highest BCUT2D eigenvalue weighted by atomic mass is 35.5. The monoisotopic (exact) mass is 382 g/mol. The summed E-state index contributed by atoms with van der Waals surface area (Å²) in [6.07, 6.45) is 2.53. The van der Waals surface area contributed by atoms with Crippen LogP contribution in [0.4, 0.5) is 0 Å². The summed E-state index contributed by atoms with van der Waals surface area (Å²) in [7, 11) is 1.91. The summed E-state index contributed by atoms with van der Waals surface area (Å²) in [5.41, 5.74) is 3.89. The first-order chi connectivity index (χ1) is 13.1. The topological polar surface area (TPSA) is 81.7 Å². The quantitative estimate of drug-likeness (QED) is 0.515. The predicted molar refractivity (Wildman–Crippen MR) is 103 cm³/mol. The third kappa shape index (κ3) is 3.84. The van der Waals surface area contributed by atoms with Crippen LogP contribution in [0.25, 0.3) is 22.4 Å². The summed E-state index contributed by atoms with van der Waals surface area (Å²) in [6, 6.07) is 9.49. The number of fused-ring (bicyclic) bond motifs is 1. The molecule has 27 heavy (non-hydrogen) atoms. The summed E-state index contributed by atoms with van der Waals surface area (Å²) in [5.74, 6) is 1.17. The minimum Gasteiger partial charge on any atom is -0.339 e. The number of hydrogen-bond donors (Lipinski definition) is 1. The van der Waals surface area contributed by atoms with Gasteiger partial charge in [-0.2, -0.15) is 10.1 Å². The Labute approximate surface area is 161 Å². The Morgan fingerprint density at radius 3 is 2.85 bits per heavy atom. The first kappa shape index (κ1) is 17.6. The molecule has 8 heteroatoms. The van der Waals surface area contributed by atoms with Crippen molar-refractivity contribution in [3.63, 3.8) is 0 Å². The van der Waals surface area contributed by atoms with Gasteiger partial charge < -0.3 is 9.84 Å². The van der Waals surface area contributed by atoms with Gasteiger partial charge in [0.25, 0.3) is 0 Å². The molecule has 7 nitrogen and oxygen atoms in total. The summed E-state index contributed by atoms with van der Waals surface area (Å²) in [6.45, 7) is 3.44. The highest BCUT2D eigenvalue weighted by molar-refractivity contribution is 6.30. The molecule has 3 heterocycles. The van der Waals surface area contributed by atoms with Crippen LogP contribution in [0.15, 0.2) is 41.1 Å². The number of nitrogens with one attached hydrogen (secondary N) is 1. The van der Waals surface area contributed by atoms with Crippen LogP contribution in [0, 0.1) is 6.92 Å². The Hall–Kier alpha value is -2.77. The minimum atomic E-state index is 0.573. The molecule has 0 atom stereocenters. The van der Waals surface area contributed by atoms with Gasteiger partial charge in [-0.15, -0.1) is 0 Å². The second-order valence-corrected chi connectivity index (χ2v) is 6.81. The summed E-state index contributed by atoms with van der Waals surface area (Å²) >= 11 is 5.90. The normalized spacial score (nSPS) is 11.4. The van der Waals surface area contributed by atoms with Crippen LogP contribution in [0.5, 0.6) is 0 Å². The van der Waals surface area contributed by atoms with Crippen molar-refractivity contribution in [2.75, 3.05) is 6.54 Å². The number of pyridine rings is 1. The molecule has 3 aromatic heterocycles. The summed E-state index contributed by atoms with van der Waals surface area (Å²) < 4.78 is 7.12. The van der Waals surface area contributed by atoms with Crippen LogP contribution in [-0.2, 0) is 20.0 Å². The third-order valence-corrected chi connectivity index (χ3v) is 4.59. The first-order valence-corrected chi connectivity index (χ1v) is 9.05. The molecule has 0 bridgehead atoms. The first-order valence-electron chi connectivity index (χ1n) is 8.67. The SMILES string of the molecule is Cc1nn(C)c2ncc(CNCCc3nc(-c4ccc(Cl)cc4)no3)cc12. The second-order valence-electron chi connectivity index (χ2n) is 6.37. The summed E-state index contributed by atoms with van der Waals surface area (Å²) in [5, 5.41) is 13.6. The van der Waals surface area contributed by atoms with Crippen LogP contribution in [0.2, 0.25) is 5.02 Å². The van der Waals surface area contributed by atoms with Gasteiger partial charge in [-0.3, -0.25) is 4.68 Å². The molecule has 4 aromatic rings. The second kappa shape index (κ2) is 7.46. The Balaban J connectivity index is 1.33. The van der Waals surface area contributed by atoms with Gasteiger partial charge in [0.1, 0.15) is 0 Å². The maximum absolute atomic E-state index is 5.90. The van der Waals surface area contributed by atoms with Crippen molar-refractivity contribution in [1.29, 1.82) is 0 Å². The smallest absolute Gasteiger partial charge is 0.228 e. The molecule has 0 saturated carbocycles. The highest BCUT2D eigenvalue weighted by Gasteiger charge is 2.09. The summed E-state index contributed by atoms with van der Waals surface area (Å²) in [4.78, 5) is 8.92. The van der Waals surface area contributed by atoms with Crippen molar-refractivity contribution in [2.24, 2.45) is 7.05 Å². The zero-order chi connectivity index (χ0) is 18.8. The Bertz CT molecular complexity index is 1070. The van der Waals surface area contributed by atoms with Gasteiger partial charge in [0, 0.05) is 48.7 Å². The third-order valence-electron chi connectivity index (χ3n) is 4.33. The van der Waals surface area contributed by atoms with Gasteiger partial charge in [-0.1, -0.05) is 16.8 Å². The number of rotatable bonds is 6. The van der Waals surface area contributed by atoms with E-state index in [0.717, 1.165) is 40.9 Å². The van der Waals surface area contributed by atoms with Gasteiger partial charge >= 0.3 is 0 Å². The Kier molecular flexibility index (Phi) is 4.87. The number of nitrogens with zero attached hydrogens (tertiary/aromatic N) is 5. The molecule has 1 N–H and O–H groups in total. The highest BCUT2D eigenvalue weighted by Crippen LogP contribution is 2.19. The number of hydrogen-bond acceptors (Lipinski definition) is 6. The largest absolute Gasteiger partial charge is 0.339 e. The average Bonchev–Trinajstić information content (AvgIpc) is 3.24. The van der Waals surface area contributed by atoms with Gasteiger partial charge in [0.05, 0.1) is 5.69 Å². The zero-order valence-electron chi connectivity index (χ0n) is 15.1. The number of aromatic nitrogens is 5. The fraction of sp³-hybridized carbons (Fsp3) is 0.263. The molecule has 138 valence electrons. The molecule has 0 fully saturated rings. The molecule has 0 amide bonds. The van der Waals surface area contributed by atoms with E-state index in [-0.39, 0.29) is 0 Å². The van der Waals surface area contributed by atoms with E-state index in [4.69, 9.17) is 16.1 Å². The standard InChI is InChI=1S/C19H19ClN6O/c1-12-16-9-13(11-22-19(16)26(2)24-12)10-21-8-7-17-23-18(25-27-17)14-3-5-15(20)6-4-14/h3-6,9,11,21H,7-8,10H2,1-2H3. The Morgan fingerprint density at radius 1 is 1.22 bits per heavy atom. The van der Waals surface area contributed by atoms with E-state index < -0.39 is 0 Å².